The molecular weight excluding hydrogens is 254 g/mol. The van der Waals surface area contributed by atoms with E-state index < -0.39 is 0 Å². The van der Waals surface area contributed by atoms with Crippen molar-refractivity contribution in [1.82, 2.24) is 10.3 Å². The smallest absolute Gasteiger partial charge is 0.258 e. The van der Waals surface area contributed by atoms with Crippen LogP contribution in [0.2, 0.25) is 0 Å². The van der Waals surface area contributed by atoms with Crippen LogP contribution in [0.3, 0.4) is 0 Å². The number of rotatable bonds is 3. The molecular formula is C11H13N3OS2. The lowest BCUT2D eigenvalue weighted by atomic mass is 10.3. The van der Waals surface area contributed by atoms with E-state index in [9.17, 15) is 4.79 Å². The van der Waals surface area contributed by atoms with Crippen molar-refractivity contribution in [2.45, 2.75) is 11.9 Å². The van der Waals surface area contributed by atoms with E-state index in [0.29, 0.717) is 10.7 Å². The first-order chi connectivity index (χ1) is 8.29. The number of pyridine rings is 1. The number of nitrogens with one attached hydrogen (secondary N) is 1. The molecule has 0 radical (unpaired) electrons. The molecule has 0 spiro atoms. The molecule has 0 saturated heterocycles. The van der Waals surface area contributed by atoms with Crippen LogP contribution in [0.5, 0.6) is 0 Å². The van der Waals surface area contributed by atoms with Crippen LogP contribution < -0.4 is 5.32 Å². The Kier molecular flexibility index (Phi) is 4.44. The fourth-order valence-electron chi connectivity index (χ4n) is 1.33. The number of thioether (sulfide) groups is 2. The monoisotopic (exact) mass is 267 g/mol. The molecule has 2 heterocycles. The van der Waals surface area contributed by atoms with Crippen LogP contribution in [0.15, 0.2) is 28.3 Å². The number of amidine groups is 1. The molecule has 0 atom stereocenters. The molecule has 0 saturated carbocycles. The predicted octanol–water partition coefficient (Wildman–Crippen LogP) is 2.03. The molecule has 1 aliphatic rings. The maximum atomic E-state index is 11.8. The summed E-state index contributed by atoms with van der Waals surface area (Å²) in [6.07, 6.45) is 1.60. The van der Waals surface area contributed by atoms with Gasteiger partial charge in [0.1, 0.15) is 0 Å². The number of carbonyl (C=O) groups is 1. The minimum atomic E-state index is -0.140. The maximum absolute atomic E-state index is 11.8. The van der Waals surface area contributed by atoms with E-state index in [1.165, 1.54) is 0 Å². The van der Waals surface area contributed by atoms with Gasteiger partial charge in [-0.2, -0.15) is 0 Å². The average molecular weight is 267 g/mol. The molecule has 0 fully saturated rings. The molecule has 4 nitrogen and oxygen atoms in total. The van der Waals surface area contributed by atoms with Gasteiger partial charge < -0.3 is 5.32 Å². The first kappa shape index (κ1) is 12.4. The number of aliphatic imine (C=N–C) groups is 1. The Morgan fingerprint density at radius 1 is 1.59 bits per heavy atom. The summed E-state index contributed by atoms with van der Waals surface area (Å²) in [5.41, 5.74) is 0.570. The van der Waals surface area contributed by atoms with Crippen LogP contribution in [0.4, 0.5) is 0 Å². The number of carbonyl (C=O) groups excluding carboxylic acids is 1. The third kappa shape index (κ3) is 3.47. The summed E-state index contributed by atoms with van der Waals surface area (Å²) in [7, 11) is 0. The van der Waals surface area contributed by atoms with E-state index in [1.54, 1.807) is 35.8 Å². The molecule has 6 heteroatoms. The van der Waals surface area contributed by atoms with Gasteiger partial charge in [0, 0.05) is 11.9 Å². The second-order valence-electron chi connectivity index (χ2n) is 3.31. The van der Waals surface area contributed by atoms with Crippen molar-refractivity contribution in [3.05, 3.63) is 23.9 Å². The summed E-state index contributed by atoms with van der Waals surface area (Å²) in [5, 5.41) is 4.43. The summed E-state index contributed by atoms with van der Waals surface area (Å²) in [6, 6.07) is 3.66. The molecule has 0 aliphatic carbocycles. The summed E-state index contributed by atoms with van der Waals surface area (Å²) >= 11 is 3.23. The van der Waals surface area contributed by atoms with Crippen LogP contribution in [-0.2, 0) is 0 Å². The van der Waals surface area contributed by atoms with Crippen LogP contribution >= 0.6 is 23.5 Å². The Labute approximate surface area is 109 Å². The highest BCUT2D eigenvalue weighted by Gasteiger charge is 2.12. The highest BCUT2D eigenvalue weighted by Crippen LogP contribution is 2.15. The van der Waals surface area contributed by atoms with E-state index in [4.69, 9.17) is 0 Å². The minimum Gasteiger partial charge on any atom is -0.301 e. The number of aromatic nitrogens is 1. The largest absolute Gasteiger partial charge is 0.301 e. The molecule has 1 aromatic heterocycles. The van der Waals surface area contributed by atoms with Crippen molar-refractivity contribution in [2.24, 2.45) is 4.99 Å². The number of hydrogen-bond acceptors (Lipinski definition) is 5. The topological polar surface area (TPSA) is 54.4 Å². The van der Waals surface area contributed by atoms with Crippen molar-refractivity contribution < 1.29 is 4.79 Å². The van der Waals surface area contributed by atoms with Gasteiger partial charge in [-0.1, -0.05) is 18.7 Å². The van der Waals surface area contributed by atoms with Gasteiger partial charge in [0.15, 0.2) is 5.17 Å². The SMILES string of the molecule is CCSc1ccc(C(=O)NC2=NCCS2)cn1. The van der Waals surface area contributed by atoms with Gasteiger partial charge in [-0.15, -0.1) is 11.8 Å². The zero-order chi connectivity index (χ0) is 12.1. The highest BCUT2D eigenvalue weighted by atomic mass is 32.2. The molecule has 90 valence electrons. The maximum Gasteiger partial charge on any atom is 0.258 e. The quantitative estimate of drug-likeness (QED) is 0.851. The van der Waals surface area contributed by atoms with Gasteiger partial charge in [0.2, 0.25) is 0 Å². The van der Waals surface area contributed by atoms with E-state index in [2.05, 4.69) is 22.2 Å². The Morgan fingerprint density at radius 2 is 2.47 bits per heavy atom. The van der Waals surface area contributed by atoms with Gasteiger partial charge in [-0.05, 0) is 17.9 Å². The number of nitrogens with zero attached hydrogens (tertiary/aromatic N) is 2. The van der Waals surface area contributed by atoms with Crippen LogP contribution in [0, 0.1) is 0 Å². The third-order valence-corrected chi connectivity index (χ3v) is 3.81. The van der Waals surface area contributed by atoms with Crippen molar-refractivity contribution in [3.8, 4) is 0 Å². The molecule has 0 aromatic carbocycles. The average Bonchev–Trinajstić information content (AvgIpc) is 2.83. The van der Waals surface area contributed by atoms with Gasteiger partial charge >= 0.3 is 0 Å². The molecule has 17 heavy (non-hydrogen) atoms. The Hall–Kier alpha value is -1.01. The molecule has 1 aromatic rings. The first-order valence-electron chi connectivity index (χ1n) is 5.37. The minimum absolute atomic E-state index is 0.140. The zero-order valence-corrected chi connectivity index (χ0v) is 11.1. The summed E-state index contributed by atoms with van der Waals surface area (Å²) < 4.78 is 0. The lowest BCUT2D eigenvalue weighted by Gasteiger charge is -2.04. The fraction of sp³-hybridized carbons (Fsp3) is 0.364. The molecule has 2 rings (SSSR count). The lowest BCUT2D eigenvalue weighted by molar-refractivity contribution is 0.0977. The number of amides is 1. The first-order valence-corrected chi connectivity index (χ1v) is 7.34. The van der Waals surface area contributed by atoms with Crippen molar-refractivity contribution in [1.29, 1.82) is 0 Å². The molecule has 0 bridgehead atoms. The molecule has 1 N–H and O–H groups in total. The van der Waals surface area contributed by atoms with Crippen LogP contribution in [-0.4, -0.2) is 34.1 Å². The van der Waals surface area contributed by atoms with Crippen molar-refractivity contribution in [2.75, 3.05) is 18.1 Å². The molecule has 1 amide bonds. The Morgan fingerprint density at radius 3 is 3.06 bits per heavy atom. The van der Waals surface area contributed by atoms with Crippen LogP contribution in [0.1, 0.15) is 17.3 Å². The van der Waals surface area contributed by atoms with Crippen molar-refractivity contribution in [3.63, 3.8) is 0 Å². The van der Waals surface area contributed by atoms with Gasteiger partial charge in [0.25, 0.3) is 5.91 Å². The lowest BCUT2D eigenvalue weighted by Crippen LogP contribution is -2.27. The van der Waals surface area contributed by atoms with Crippen LogP contribution in [0.25, 0.3) is 0 Å². The van der Waals surface area contributed by atoms with Gasteiger partial charge in [-0.25, -0.2) is 4.98 Å². The van der Waals surface area contributed by atoms with Crippen molar-refractivity contribution >= 4 is 34.6 Å². The Balaban J connectivity index is 1.98. The van der Waals surface area contributed by atoms with E-state index in [0.717, 1.165) is 23.1 Å². The van der Waals surface area contributed by atoms with Gasteiger partial charge in [-0.3, -0.25) is 9.79 Å². The van der Waals surface area contributed by atoms with E-state index in [-0.39, 0.29) is 5.91 Å². The summed E-state index contributed by atoms with van der Waals surface area (Å²) in [5.74, 6) is 1.78. The standard InChI is InChI=1S/C11H13N3OS2/c1-2-16-9-4-3-8(7-13-9)10(15)14-11-12-5-6-17-11/h3-4,7H,2,5-6H2,1H3,(H,12,14,15). The Bertz CT molecular complexity index is 431. The second kappa shape index (κ2) is 6.07. The predicted molar refractivity (Wildman–Crippen MR) is 72.9 cm³/mol. The molecule has 1 aliphatic heterocycles. The zero-order valence-electron chi connectivity index (χ0n) is 9.47. The van der Waals surface area contributed by atoms with Gasteiger partial charge in [0.05, 0.1) is 17.1 Å². The number of hydrogen-bond donors (Lipinski definition) is 1. The third-order valence-electron chi connectivity index (χ3n) is 2.10. The van der Waals surface area contributed by atoms with E-state index >= 15 is 0 Å². The second-order valence-corrected chi connectivity index (χ2v) is 5.68. The fourth-order valence-corrected chi connectivity index (χ4v) is 2.64. The normalized spacial score (nSPS) is 14.5. The highest BCUT2D eigenvalue weighted by molar-refractivity contribution is 8.14. The molecule has 0 unspecified atom stereocenters. The summed E-state index contributed by atoms with van der Waals surface area (Å²) in [6.45, 7) is 2.85. The van der Waals surface area contributed by atoms with E-state index in [1.807, 2.05) is 6.07 Å². The summed E-state index contributed by atoms with van der Waals surface area (Å²) in [4.78, 5) is 20.2.